The van der Waals surface area contributed by atoms with Crippen molar-refractivity contribution in [3.63, 3.8) is 0 Å². The minimum atomic E-state index is 0.309. The van der Waals surface area contributed by atoms with E-state index in [4.69, 9.17) is 4.74 Å². The van der Waals surface area contributed by atoms with Crippen LogP contribution in [-0.2, 0) is 11.3 Å². The molecule has 1 aliphatic heterocycles. The van der Waals surface area contributed by atoms with Gasteiger partial charge in [-0.15, -0.1) is 0 Å². The molecule has 0 spiro atoms. The third-order valence-corrected chi connectivity index (χ3v) is 3.70. The van der Waals surface area contributed by atoms with Crippen LogP contribution in [-0.4, -0.2) is 49.3 Å². The van der Waals surface area contributed by atoms with Crippen LogP contribution in [0, 0.1) is 0 Å². The van der Waals surface area contributed by atoms with E-state index < -0.39 is 0 Å². The summed E-state index contributed by atoms with van der Waals surface area (Å²) in [6.07, 6.45) is 2.40. The molecule has 0 radical (unpaired) electrons. The first-order valence-electron chi connectivity index (χ1n) is 6.89. The van der Waals surface area contributed by atoms with Crippen molar-refractivity contribution in [2.45, 2.75) is 12.6 Å². The minimum absolute atomic E-state index is 0.309. The lowest BCUT2D eigenvalue weighted by atomic mass is 10.2. The number of para-hydroxylation sites is 1. The standard InChI is InChI=1S/C15H21N3O/c1-18-6-7-19-13(11-18)10-16-8-12-9-17-15-5-3-2-4-14(12)15/h2-5,9,13,16-17H,6-8,10-11H2,1H3. The van der Waals surface area contributed by atoms with Crippen LogP contribution in [0.4, 0.5) is 0 Å². The Morgan fingerprint density at radius 1 is 1.42 bits per heavy atom. The predicted octanol–water partition coefficient (Wildman–Crippen LogP) is 1.59. The summed E-state index contributed by atoms with van der Waals surface area (Å²) in [4.78, 5) is 5.63. The van der Waals surface area contributed by atoms with Crippen LogP contribution in [0.3, 0.4) is 0 Å². The fourth-order valence-corrected chi connectivity index (χ4v) is 2.64. The second-order valence-electron chi connectivity index (χ2n) is 5.25. The molecule has 1 aromatic heterocycles. The molecule has 2 heterocycles. The summed E-state index contributed by atoms with van der Waals surface area (Å²) < 4.78 is 5.74. The lowest BCUT2D eigenvalue weighted by Gasteiger charge is -2.30. The van der Waals surface area contributed by atoms with E-state index in [1.807, 2.05) is 0 Å². The Hall–Kier alpha value is -1.36. The molecule has 1 unspecified atom stereocenters. The molecule has 2 N–H and O–H groups in total. The number of likely N-dealkylation sites (N-methyl/N-ethyl adjacent to an activating group) is 1. The quantitative estimate of drug-likeness (QED) is 0.876. The molecule has 0 amide bonds. The number of benzene rings is 1. The van der Waals surface area contributed by atoms with Gasteiger partial charge in [0.2, 0.25) is 0 Å². The van der Waals surface area contributed by atoms with Gasteiger partial charge in [0.15, 0.2) is 0 Å². The van der Waals surface area contributed by atoms with Crippen LogP contribution in [0.5, 0.6) is 0 Å². The van der Waals surface area contributed by atoms with Gasteiger partial charge in [-0.3, -0.25) is 0 Å². The molecule has 0 aliphatic carbocycles. The highest BCUT2D eigenvalue weighted by Crippen LogP contribution is 2.17. The lowest BCUT2D eigenvalue weighted by molar-refractivity contribution is -0.0182. The highest BCUT2D eigenvalue weighted by molar-refractivity contribution is 5.82. The molecule has 1 saturated heterocycles. The summed E-state index contributed by atoms with van der Waals surface area (Å²) in [7, 11) is 2.15. The summed E-state index contributed by atoms with van der Waals surface area (Å²) in [5.74, 6) is 0. The minimum Gasteiger partial charge on any atom is -0.374 e. The maximum Gasteiger partial charge on any atom is 0.0826 e. The SMILES string of the molecule is CN1CCOC(CNCc2c[nH]c3ccccc23)C1. The number of nitrogens with zero attached hydrogens (tertiary/aromatic N) is 1. The molecule has 4 heteroatoms. The highest BCUT2D eigenvalue weighted by atomic mass is 16.5. The maximum atomic E-state index is 5.74. The van der Waals surface area contributed by atoms with Crippen molar-refractivity contribution in [1.29, 1.82) is 0 Å². The Bertz CT molecular complexity index is 537. The number of aromatic amines is 1. The van der Waals surface area contributed by atoms with E-state index in [0.29, 0.717) is 6.10 Å². The second kappa shape index (κ2) is 5.74. The summed E-state index contributed by atoms with van der Waals surface area (Å²) in [5.41, 5.74) is 2.52. The molecule has 3 rings (SSSR count). The van der Waals surface area contributed by atoms with E-state index in [1.54, 1.807) is 0 Å². The molecule has 19 heavy (non-hydrogen) atoms. The third-order valence-electron chi connectivity index (χ3n) is 3.70. The van der Waals surface area contributed by atoms with Crippen LogP contribution >= 0.6 is 0 Å². The monoisotopic (exact) mass is 259 g/mol. The second-order valence-corrected chi connectivity index (χ2v) is 5.25. The molecule has 4 nitrogen and oxygen atoms in total. The van der Waals surface area contributed by atoms with Crippen molar-refractivity contribution in [1.82, 2.24) is 15.2 Å². The van der Waals surface area contributed by atoms with E-state index in [9.17, 15) is 0 Å². The number of hydrogen-bond donors (Lipinski definition) is 2. The number of morpholine rings is 1. The molecule has 2 aromatic rings. The fraction of sp³-hybridized carbons (Fsp3) is 0.467. The molecule has 0 saturated carbocycles. The van der Waals surface area contributed by atoms with Crippen LogP contribution < -0.4 is 5.32 Å². The van der Waals surface area contributed by atoms with E-state index >= 15 is 0 Å². The number of rotatable bonds is 4. The predicted molar refractivity (Wildman–Crippen MR) is 77.2 cm³/mol. The van der Waals surface area contributed by atoms with Crippen LogP contribution in [0.25, 0.3) is 10.9 Å². The van der Waals surface area contributed by atoms with Gasteiger partial charge >= 0.3 is 0 Å². The highest BCUT2D eigenvalue weighted by Gasteiger charge is 2.17. The summed E-state index contributed by atoms with van der Waals surface area (Å²) in [6, 6.07) is 8.41. The zero-order valence-corrected chi connectivity index (χ0v) is 11.4. The lowest BCUT2D eigenvalue weighted by Crippen LogP contribution is -2.44. The van der Waals surface area contributed by atoms with Gasteiger partial charge in [-0.2, -0.15) is 0 Å². The Morgan fingerprint density at radius 2 is 2.32 bits per heavy atom. The first-order chi connectivity index (χ1) is 9.33. The van der Waals surface area contributed by atoms with E-state index in [0.717, 1.165) is 32.8 Å². The van der Waals surface area contributed by atoms with Gasteiger partial charge in [-0.05, 0) is 18.7 Å². The molecule has 1 aromatic carbocycles. The van der Waals surface area contributed by atoms with Gasteiger partial charge in [0.1, 0.15) is 0 Å². The molecular formula is C15H21N3O. The van der Waals surface area contributed by atoms with Crippen molar-refractivity contribution < 1.29 is 4.74 Å². The van der Waals surface area contributed by atoms with Crippen molar-refractivity contribution in [2.75, 3.05) is 33.3 Å². The summed E-state index contributed by atoms with van der Waals surface area (Å²) in [6.45, 7) is 4.69. The van der Waals surface area contributed by atoms with Crippen LogP contribution in [0.1, 0.15) is 5.56 Å². The molecule has 0 bridgehead atoms. The summed E-state index contributed by atoms with van der Waals surface area (Å²) >= 11 is 0. The first kappa shape index (κ1) is 12.7. The van der Waals surface area contributed by atoms with Gasteiger partial charge in [-0.25, -0.2) is 0 Å². The molecular weight excluding hydrogens is 238 g/mol. The smallest absolute Gasteiger partial charge is 0.0826 e. The van der Waals surface area contributed by atoms with E-state index in [-0.39, 0.29) is 0 Å². The number of fused-ring (bicyclic) bond motifs is 1. The Balaban J connectivity index is 1.55. The van der Waals surface area contributed by atoms with Crippen molar-refractivity contribution in [2.24, 2.45) is 0 Å². The number of nitrogens with one attached hydrogen (secondary N) is 2. The Morgan fingerprint density at radius 3 is 3.21 bits per heavy atom. The molecule has 102 valence electrons. The zero-order chi connectivity index (χ0) is 13.1. The van der Waals surface area contributed by atoms with Gasteiger partial charge in [0, 0.05) is 43.3 Å². The van der Waals surface area contributed by atoms with Crippen LogP contribution in [0.15, 0.2) is 30.5 Å². The topological polar surface area (TPSA) is 40.3 Å². The van der Waals surface area contributed by atoms with Gasteiger partial charge in [-0.1, -0.05) is 18.2 Å². The number of ether oxygens (including phenoxy) is 1. The van der Waals surface area contributed by atoms with Crippen molar-refractivity contribution in [3.05, 3.63) is 36.0 Å². The van der Waals surface area contributed by atoms with E-state index in [2.05, 4.69) is 52.7 Å². The Labute approximate surface area is 113 Å². The molecule has 1 atom stereocenters. The first-order valence-corrected chi connectivity index (χ1v) is 6.89. The average Bonchev–Trinajstić information content (AvgIpc) is 2.83. The van der Waals surface area contributed by atoms with Crippen molar-refractivity contribution in [3.8, 4) is 0 Å². The van der Waals surface area contributed by atoms with E-state index in [1.165, 1.54) is 16.5 Å². The zero-order valence-electron chi connectivity index (χ0n) is 11.4. The van der Waals surface area contributed by atoms with Gasteiger partial charge in [0.05, 0.1) is 12.7 Å². The molecule has 1 aliphatic rings. The molecule has 1 fully saturated rings. The average molecular weight is 259 g/mol. The largest absolute Gasteiger partial charge is 0.374 e. The number of aromatic nitrogens is 1. The van der Waals surface area contributed by atoms with Gasteiger partial charge in [0.25, 0.3) is 0 Å². The third kappa shape index (κ3) is 2.97. The summed E-state index contributed by atoms with van der Waals surface area (Å²) in [5, 5.41) is 4.80. The number of hydrogen-bond acceptors (Lipinski definition) is 3. The maximum absolute atomic E-state index is 5.74. The van der Waals surface area contributed by atoms with Gasteiger partial charge < -0.3 is 19.9 Å². The van der Waals surface area contributed by atoms with Crippen LogP contribution in [0.2, 0.25) is 0 Å². The number of H-pyrrole nitrogens is 1. The Kier molecular flexibility index (Phi) is 3.82. The fourth-order valence-electron chi connectivity index (χ4n) is 2.64. The normalized spacial score (nSPS) is 21.0. The van der Waals surface area contributed by atoms with Crippen molar-refractivity contribution >= 4 is 10.9 Å².